The zero-order valence-corrected chi connectivity index (χ0v) is 12.8. The van der Waals surface area contributed by atoms with Crippen LogP contribution in [-0.2, 0) is 12.8 Å². The molecule has 6 heteroatoms. The molecule has 1 N–H and O–H groups in total. The number of aryl methyl sites for hydroxylation is 1. The van der Waals surface area contributed by atoms with Crippen molar-refractivity contribution in [1.29, 1.82) is 0 Å². The molecule has 0 amide bonds. The van der Waals surface area contributed by atoms with E-state index in [2.05, 4.69) is 32.4 Å². The highest BCUT2D eigenvalue weighted by Gasteiger charge is 2.18. The summed E-state index contributed by atoms with van der Waals surface area (Å²) in [4.78, 5) is 0.776. The maximum absolute atomic E-state index is 13.2. The molecular weight excluding hydrogens is 331 g/mol. The van der Waals surface area contributed by atoms with Gasteiger partial charge in [0.05, 0.1) is 16.7 Å². The fourth-order valence-corrected chi connectivity index (χ4v) is 2.97. The maximum atomic E-state index is 13.2. The van der Waals surface area contributed by atoms with Gasteiger partial charge >= 0.3 is 0 Å². The number of aliphatic hydroxyl groups excluding tert-OH is 1. The minimum Gasteiger partial charge on any atom is -0.387 e. The van der Waals surface area contributed by atoms with Gasteiger partial charge in [0, 0.05) is 10.9 Å². The third kappa shape index (κ3) is 3.58. The van der Waals surface area contributed by atoms with E-state index >= 15 is 0 Å². The number of hydrogen-bond donors (Lipinski definition) is 1. The Morgan fingerprint density at radius 3 is 3.00 bits per heavy atom. The van der Waals surface area contributed by atoms with Crippen LogP contribution in [0.15, 0.2) is 22.7 Å². The molecule has 0 fully saturated rings. The average molecular weight is 345 g/mol. The van der Waals surface area contributed by atoms with E-state index in [4.69, 9.17) is 0 Å². The number of halogens is 2. The van der Waals surface area contributed by atoms with Crippen molar-refractivity contribution in [3.63, 3.8) is 0 Å². The normalized spacial score (nSPS) is 12.6. The van der Waals surface area contributed by atoms with Crippen LogP contribution in [0.1, 0.15) is 35.6 Å². The second-order valence-corrected chi connectivity index (χ2v) is 5.93. The Kier molecular flexibility index (Phi) is 5.01. The van der Waals surface area contributed by atoms with Crippen LogP contribution >= 0.6 is 27.5 Å². The van der Waals surface area contributed by atoms with E-state index in [1.807, 2.05) is 0 Å². The number of aliphatic hydroxyl groups is 1. The molecule has 2 aromatic rings. The van der Waals surface area contributed by atoms with Gasteiger partial charge < -0.3 is 5.11 Å². The third-order valence-electron chi connectivity index (χ3n) is 2.80. The SMILES string of the molecule is CCCc1nnsc1C(O)Cc1cc(F)ccc1Br. The summed E-state index contributed by atoms with van der Waals surface area (Å²) < 4.78 is 17.9. The molecular formula is C13H14BrFN2OS. The zero-order valence-electron chi connectivity index (χ0n) is 10.4. The van der Waals surface area contributed by atoms with Crippen LogP contribution in [0.2, 0.25) is 0 Å². The minimum absolute atomic E-state index is 0.304. The summed E-state index contributed by atoms with van der Waals surface area (Å²) in [6.07, 6.45) is 1.40. The first-order chi connectivity index (χ1) is 9.11. The Labute approximate surface area is 123 Å². The maximum Gasteiger partial charge on any atom is 0.123 e. The van der Waals surface area contributed by atoms with Crippen molar-refractivity contribution in [2.24, 2.45) is 0 Å². The van der Waals surface area contributed by atoms with Crippen LogP contribution in [0, 0.1) is 5.82 Å². The predicted octanol–water partition coefficient (Wildman–Crippen LogP) is 3.67. The van der Waals surface area contributed by atoms with Gasteiger partial charge in [-0.25, -0.2) is 4.39 Å². The standard InChI is InChI=1S/C13H14BrFN2OS/c1-2-3-11-13(19-17-16-11)12(18)7-8-6-9(15)4-5-10(8)14/h4-6,12,18H,2-3,7H2,1H3. The Hall–Kier alpha value is -0.850. The number of rotatable bonds is 5. The van der Waals surface area contributed by atoms with E-state index in [0.717, 1.165) is 33.4 Å². The van der Waals surface area contributed by atoms with Crippen LogP contribution in [0.25, 0.3) is 0 Å². The van der Waals surface area contributed by atoms with Crippen LogP contribution in [0.4, 0.5) is 4.39 Å². The molecule has 0 aliphatic carbocycles. The van der Waals surface area contributed by atoms with Gasteiger partial charge in [-0.3, -0.25) is 0 Å². The first kappa shape index (κ1) is 14.6. The molecule has 0 radical (unpaired) electrons. The molecule has 0 saturated heterocycles. The van der Waals surface area contributed by atoms with Gasteiger partial charge in [0.15, 0.2) is 0 Å². The summed E-state index contributed by atoms with van der Waals surface area (Å²) in [5.41, 5.74) is 1.58. The topological polar surface area (TPSA) is 46.0 Å². The largest absolute Gasteiger partial charge is 0.387 e. The summed E-state index contributed by atoms with van der Waals surface area (Å²) >= 11 is 4.57. The van der Waals surface area contributed by atoms with Crippen molar-refractivity contribution in [3.05, 3.63) is 44.6 Å². The zero-order chi connectivity index (χ0) is 13.8. The number of benzene rings is 1. The Bertz CT molecular complexity index is 561. The molecule has 1 aromatic heterocycles. The third-order valence-corrected chi connectivity index (χ3v) is 4.44. The van der Waals surface area contributed by atoms with E-state index in [1.165, 1.54) is 23.7 Å². The Morgan fingerprint density at radius 1 is 1.47 bits per heavy atom. The second kappa shape index (κ2) is 6.54. The van der Waals surface area contributed by atoms with Gasteiger partial charge in [-0.1, -0.05) is 33.8 Å². The lowest BCUT2D eigenvalue weighted by atomic mass is 10.0. The summed E-state index contributed by atoms with van der Waals surface area (Å²) in [6, 6.07) is 4.47. The van der Waals surface area contributed by atoms with Crippen LogP contribution < -0.4 is 0 Å². The highest BCUT2D eigenvalue weighted by molar-refractivity contribution is 9.10. The molecule has 0 spiro atoms. The monoisotopic (exact) mass is 344 g/mol. The van der Waals surface area contributed by atoms with E-state index in [-0.39, 0.29) is 5.82 Å². The smallest absolute Gasteiger partial charge is 0.123 e. The van der Waals surface area contributed by atoms with Gasteiger partial charge in [0.25, 0.3) is 0 Å². The van der Waals surface area contributed by atoms with E-state index in [0.29, 0.717) is 6.42 Å². The van der Waals surface area contributed by atoms with Crippen molar-refractivity contribution < 1.29 is 9.50 Å². The lowest BCUT2D eigenvalue weighted by molar-refractivity contribution is 0.180. The van der Waals surface area contributed by atoms with E-state index < -0.39 is 6.10 Å². The van der Waals surface area contributed by atoms with Crippen molar-refractivity contribution in [3.8, 4) is 0 Å². The predicted molar refractivity (Wildman–Crippen MR) is 76.7 cm³/mol. The van der Waals surface area contributed by atoms with E-state index in [9.17, 15) is 9.50 Å². The van der Waals surface area contributed by atoms with Gasteiger partial charge in [-0.15, -0.1) is 5.10 Å². The molecule has 0 aliphatic heterocycles. The summed E-state index contributed by atoms with van der Waals surface area (Å²) in [6.45, 7) is 2.05. The number of nitrogens with zero attached hydrogens (tertiary/aromatic N) is 2. The first-order valence-electron chi connectivity index (χ1n) is 6.05. The van der Waals surface area contributed by atoms with Gasteiger partial charge in [0.2, 0.25) is 0 Å². The summed E-state index contributed by atoms with van der Waals surface area (Å²) in [5, 5.41) is 14.3. The fourth-order valence-electron chi connectivity index (χ4n) is 1.88. The lowest BCUT2D eigenvalue weighted by Gasteiger charge is -2.11. The van der Waals surface area contributed by atoms with Crippen LogP contribution in [-0.4, -0.2) is 14.7 Å². The highest BCUT2D eigenvalue weighted by atomic mass is 79.9. The molecule has 19 heavy (non-hydrogen) atoms. The molecule has 1 heterocycles. The van der Waals surface area contributed by atoms with Gasteiger partial charge in [-0.05, 0) is 41.7 Å². The molecule has 1 unspecified atom stereocenters. The van der Waals surface area contributed by atoms with Crippen molar-refractivity contribution in [2.45, 2.75) is 32.3 Å². The number of hydrogen-bond acceptors (Lipinski definition) is 4. The van der Waals surface area contributed by atoms with Crippen LogP contribution in [0.5, 0.6) is 0 Å². The van der Waals surface area contributed by atoms with Gasteiger partial charge in [-0.2, -0.15) is 0 Å². The molecule has 3 nitrogen and oxygen atoms in total. The van der Waals surface area contributed by atoms with Crippen molar-refractivity contribution in [1.82, 2.24) is 9.59 Å². The minimum atomic E-state index is -0.695. The Morgan fingerprint density at radius 2 is 2.26 bits per heavy atom. The summed E-state index contributed by atoms with van der Waals surface area (Å²) in [7, 11) is 0. The quantitative estimate of drug-likeness (QED) is 0.899. The molecule has 2 rings (SSSR count). The molecule has 0 aliphatic rings. The molecule has 1 aromatic carbocycles. The molecule has 1 atom stereocenters. The lowest BCUT2D eigenvalue weighted by Crippen LogP contribution is -2.04. The molecule has 0 saturated carbocycles. The Balaban J connectivity index is 2.18. The van der Waals surface area contributed by atoms with Crippen molar-refractivity contribution in [2.75, 3.05) is 0 Å². The fraction of sp³-hybridized carbons (Fsp3) is 0.385. The second-order valence-electron chi connectivity index (χ2n) is 4.29. The van der Waals surface area contributed by atoms with Crippen LogP contribution in [0.3, 0.4) is 0 Å². The molecule has 102 valence electrons. The van der Waals surface area contributed by atoms with Crippen molar-refractivity contribution >= 4 is 27.5 Å². The highest BCUT2D eigenvalue weighted by Crippen LogP contribution is 2.28. The average Bonchev–Trinajstić information content (AvgIpc) is 2.82. The van der Waals surface area contributed by atoms with Gasteiger partial charge in [0.1, 0.15) is 5.82 Å². The number of aromatic nitrogens is 2. The first-order valence-corrected chi connectivity index (χ1v) is 7.61. The molecule has 0 bridgehead atoms. The summed E-state index contributed by atoms with van der Waals surface area (Å²) in [5.74, 6) is -0.304. The van der Waals surface area contributed by atoms with E-state index in [1.54, 1.807) is 6.07 Å².